The molecule has 0 bridgehead atoms. The maximum Gasteiger partial charge on any atom is 0.294 e. The lowest BCUT2D eigenvalue weighted by Crippen LogP contribution is -2.26. The van der Waals surface area contributed by atoms with Crippen LogP contribution in [0.1, 0.15) is 13.3 Å². The Bertz CT molecular complexity index is 358. The molecule has 122 valence electrons. The van der Waals surface area contributed by atoms with Gasteiger partial charge >= 0.3 is 0 Å². The number of nitrogens with zero attached hydrogens (tertiary/aromatic N) is 3. The molecule has 0 aromatic carbocycles. The standard InChI is InChI=1S/C7H13N3O9S2/c1-2-6(18-9(13)14)4-20-21-5-7(19-10(15)16)3-17-8(11)12/h6-7H,2-5H2,1H3. The Morgan fingerprint density at radius 1 is 0.905 bits per heavy atom. The van der Waals surface area contributed by atoms with Crippen LogP contribution in [0.25, 0.3) is 0 Å². The summed E-state index contributed by atoms with van der Waals surface area (Å²) in [6, 6.07) is 0. The Kier molecular flexibility index (Phi) is 10.1. The van der Waals surface area contributed by atoms with E-state index >= 15 is 0 Å². The predicted octanol–water partition coefficient (Wildman–Crippen LogP) is 1.14. The van der Waals surface area contributed by atoms with E-state index in [-0.39, 0.29) is 11.5 Å². The maximum absolute atomic E-state index is 10.2. The molecule has 12 nitrogen and oxygen atoms in total. The van der Waals surface area contributed by atoms with E-state index in [2.05, 4.69) is 14.5 Å². The van der Waals surface area contributed by atoms with Crippen LogP contribution in [0.15, 0.2) is 0 Å². The fourth-order valence-corrected chi connectivity index (χ4v) is 3.40. The van der Waals surface area contributed by atoms with Gasteiger partial charge in [0.1, 0.15) is 18.8 Å². The molecule has 14 heteroatoms. The molecule has 0 saturated heterocycles. The molecule has 0 rings (SSSR count). The fourth-order valence-electron chi connectivity index (χ4n) is 0.967. The fraction of sp³-hybridized carbons (Fsp3) is 1.00. The molecule has 0 aromatic heterocycles. The smallest absolute Gasteiger partial charge is 0.294 e. The van der Waals surface area contributed by atoms with Crippen LogP contribution < -0.4 is 0 Å². The molecular formula is C7H13N3O9S2. The molecule has 0 aliphatic carbocycles. The first-order chi connectivity index (χ1) is 9.85. The summed E-state index contributed by atoms with van der Waals surface area (Å²) in [4.78, 5) is 43.0. The molecule has 0 amide bonds. The molecule has 0 heterocycles. The van der Waals surface area contributed by atoms with Crippen LogP contribution in [-0.4, -0.2) is 45.6 Å². The summed E-state index contributed by atoms with van der Waals surface area (Å²) in [5.41, 5.74) is 0. The average Bonchev–Trinajstić information content (AvgIpc) is 2.37. The first-order valence-electron chi connectivity index (χ1n) is 5.49. The zero-order chi connectivity index (χ0) is 16.3. The van der Waals surface area contributed by atoms with Gasteiger partial charge in [0, 0.05) is 11.5 Å². The van der Waals surface area contributed by atoms with Crippen LogP contribution in [0.2, 0.25) is 0 Å². The summed E-state index contributed by atoms with van der Waals surface area (Å²) in [6.45, 7) is 1.13. The predicted molar refractivity (Wildman–Crippen MR) is 71.9 cm³/mol. The van der Waals surface area contributed by atoms with Crippen molar-refractivity contribution in [1.29, 1.82) is 0 Å². The normalized spacial score (nSPS) is 13.0. The Balaban J connectivity index is 4.02. The van der Waals surface area contributed by atoms with Gasteiger partial charge < -0.3 is 14.5 Å². The third-order valence-corrected chi connectivity index (χ3v) is 4.38. The highest BCUT2D eigenvalue weighted by Gasteiger charge is 2.17. The third kappa shape index (κ3) is 11.8. The van der Waals surface area contributed by atoms with Gasteiger partial charge in [0.25, 0.3) is 15.3 Å². The topological polar surface area (TPSA) is 157 Å². The van der Waals surface area contributed by atoms with E-state index in [0.29, 0.717) is 6.42 Å². The molecule has 2 atom stereocenters. The highest BCUT2D eigenvalue weighted by atomic mass is 33.1. The minimum atomic E-state index is -1.11. The van der Waals surface area contributed by atoms with Gasteiger partial charge in [-0.15, -0.1) is 30.3 Å². The van der Waals surface area contributed by atoms with E-state index in [1.54, 1.807) is 6.92 Å². The lowest BCUT2D eigenvalue weighted by atomic mass is 10.3. The maximum atomic E-state index is 10.2. The van der Waals surface area contributed by atoms with Crippen LogP contribution >= 0.6 is 21.6 Å². The van der Waals surface area contributed by atoms with E-state index in [0.717, 1.165) is 10.8 Å². The molecule has 0 aliphatic rings. The molecule has 0 spiro atoms. The van der Waals surface area contributed by atoms with E-state index in [1.807, 2.05) is 0 Å². The van der Waals surface area contributed by atoms with Crippen LogP contribution in [0.3, 0.4) is 0 Å². The molecule has 0 N–H and O–H groups in total. The van der Waals surface area contributed by atoms with Crippen molar-refractivity contribution in [3.63, 3.8) is 0 Å². The van der Waals surface area contributed by atoms with E-state index in [4.69, 9.17) is 0 Å². The highest BCUT2D eigenvalue weighted by Crippen LogP contribution is 2.25. The van der Waals surface area contributed by atoms with Gasteiger partial charge in [0.15, 0.2) is 0 Å². The van der Waals surface area contributed by atoms with Crippen LogP contribution in [0.5, 0.6) is 0 Å². The second-order valence-corrected chi connectivity index (χ2v) is 5.95. The molecule has 0 aliphatic heterocycles. The molecular weight excluding hydrogens is 334 g/mol. The van der Waals surface area contributed by atoms with Crippen molar-refractivity contribution in [3.8, 4) is 0 Å². The highest BCUT2D eigenvalue weighted by molar-refractivity contribution is 8.76. The summed E-state index contributed by atoms with van der Waals surface area (Å²) < 4.78 is 0. The van der Waals surface area contributed by atoms with Crippen molar-refractivity contribution in [2.24, 2.45) is 0 Å². The molecule has 0 fully saturated rings. The third-order valence-electron chi connectivity index (χ3n) is 1.88. The first-order valence-corrected chi connectivity index (χ1v) is 7.98. The van der Waals surface area contributed by atoms with E-state index in [1.165, 1.54) is 10.8 Å². The number of rotatable bonds is 13. The average molecular weight is 347 g/mol. The van der Waals surface area contributed by atoms with Gasteiger partial charge in [0.05, 0.1) is 0 Å². The van der Waals surface area contributed by atoms with Gasteiger partial charge in [-0.05, 0) is 6.42 Å². The van der Waals surface area contributed by atoms with Crippen molar-refractivity contribution in [3.05, 3.63) is 30.3 Å². The molecule has 0 aromatic rings. The van der Waals surface area contributed by atoms with Crippen molar-refractivity contribution in [1.82, 2.24) is 0 Å². The van der Waals surface area contributed by atoms with Gasteiger partial charge in [-0.1, -0.05) is 28.5 Å². The minimum absolute atomic E-state index is 0.0361. The summed E-state index contributed by atoms with van der Waals surface area (Å²) in [7, 11) is 2.28. The Labute approximate surface area is 126 Å². The second-order valence-electron chi connectivity index (χ2n) is 3.40. The number of hydrogen-bond acceptors (Lipinski definition) is 11. The number of hydrogen-bond donors (Lipinski definition) is 0. The van der Waals surface area contributed by atoms with Gasteiger partial charge in [-0.25, -0.2) is 0 Å². The van der Waals surface area contributed by atoms with Gasteiger partial charge in [0.2, 0.25) is 0 Å². The molecule has 2 unspecified atom stereocenters. The second kappa shape index (κ2) is 11.0. The molecule has 0 radical (unpaired) electrons. The van der Waals surface area contributed by atoms with Crippen LogP contribution in [-0.2, 0) is 14.5 Å². The Morgan fingerprint density at radius 2 is 1.38 bits per heavy atom. The van der Waals surface area contributed by atoms with Crippen LogP contribution in [0, 0.1) is 30.3 Å². The minimum Gasteiger partial charge on any atom is -0.312 e. The monoisotopic (exact) mass is 347 g/mol. The van der Waals surface area contributed by atoms with Crippen molar-refractivity contribution in [2.75, 3.05) is 18.1 Å². The zero-order valence-corrected chi connectivity index (χ0v) is 12.4. The van der Waals surface area contributed by atoms with E-state index < -0.39 is 34.1 Å². The van der Waals surface area contributed by atoms with Crippen molar-refractivity contribution in [2.45, 2.75) is 25.6 Å². The largest absolute Gasteiger partial charge is 0.312 e. The quantitative estimate of drug-likeness (QED) is 0.203. The summed E-state index contributed by atoms with van der Waals surface area (Å²) in [6.07, 6.45) is -1.28. The lowest BCUT2D eigenvalue weighted by molar-refractivity contribution is -0.788. The Hall–Kier alpha value is -1.70. The summed E-state index contributed by atoms with van der Waals surface area (Å²) in [5.74, 6) is 0.317. The first kappa shape index (κ1) is 19.3. The van der Waals surface area contributed by atoms with E-state index in [9.17, 15) is 30.3 Å². The van der Waals surface area contributed by atoms with Crippen molar-refractivity contribution < 1.29 is 29.8 Å². The van der Waals surface area contributed by atoms with Crippen molar-refractivity contribution >= 4 is 21.6 Å². The van der Waals surface area contributed by atoms with Crippen LogP contribution in [0.4, 0.5) is 0 Å². The summed E-state index contributed by atoms with van der Waals surface area (Å²) in [5, 5.41) is 27.4. The van der Waals surface area contributed by atoms with Gasteiger partial charge in [-0.3, -0.25) is 0 Å². The Morgan fingerprint density at radius 3 is 1.81 bits per heavy atom. The lowest BCUT2D eigenvalue weighted by Gasteiger charge is -2.14. The SMILES string of the molecule is CCC(CSSCC(CO[N+](=O)[O-])O[N+](=O)[O-])O[N+](=O)[O-]. The molecule has 0 saturated carbocycles. The molecule has 21 heavy (non-hydrogen) atoms. The van der Waals surface area contributed by atoms with Gasteiger partial charge in [-0.2, -0.15) is 0 Å². The zero-order valence-electron chi connectivity index (χ0n) is 10.8. The summed E-state index contributed by atoms with van der Waals surface area (Å²) >= 11 is 0.